The fourth-order valence-corrected chi connectivity index (χ4v) is 3.55. The van der Waals surface area contributed by atoms with Crippen molar-refractivity contribution in [2.45, 2.75) is 0 Å². The molecular formula is C19H15N3O7S. The molecule has 1 saturated heterocycles. The number of hydrogen-bond acceptors (Lipinski definition) is 8. The number of nitrogens with zero attached hydrogens (tertiary/aromatic N) is 2. The number of amidine groups is 1. The number of hydrogen-bond donors (Lipinski definition) is 2. The first kappa shape index (κ1) is 20.9. The number of carbonyl (C=O) groups excluding carboxylic acids is 1. The van der Waals surface area contributed by atoms with E-state index in [0.717, 1.165) is 11.8 Å². The van der Waals surface area contributed by atoms with Gasteiger partial charge in [-0.25, -0.2) is 9.79 Å². The molecule has 0 bridgehead atoms. The highest BCUT2D eigenvalue weighted by atomic mass is 32.2. The molecule has 1 fully saturated rings. The highest BCUT2D eigenvalue weighted by molar-refractivity contribution is 8.18. The van der Waals surface area contributed by atoms with Gasteiger partial charge in [-0.2, -0.15) is 0 Å². The van der Waals surface area contributed by atoms with E-state index in [1.165, 1.54) is 50.6 Å². The number of carboxylic acids is 1. The number of aromatic carboxylic acids is 1. The topological polar surface area (TPSA) is 140 Å². The zero-order chi connectivity index (χ0) is 21.8. The third-order valence-corrected chi connectivity index (χ3v) is 4.94. The van der Waals surface area contributed by atoms with Crippen LogP contribution in [0.2, 0.25) is 0 Å². The molecule has 2 aromatic rings. The van der Waals surface area contributed by atoms with Crippen molar-refractivity contribution in [3.8, 4) is 11.5 Å². The molecule has 2 N–H and O–H groups in total. The largest absolute Gasteiger partial charge is 0.493 e. The average Bonchev–Trinajstić information content (AvgIpc) is 3.06. The van der Waals surface area contributed by atoms with E-state index in [0.29, 0.717) is 0 Å². The maximum Gasteiger partial charge on any atom is 0.340 e. The first-order valence-corrected chi connectivity index (χ1v) is 9.18. The summed E-state index contributed by atoms with van der Waals surface area (Å²) in [4.78, 5) is 39.0. The number of ether oxygens (including phenoxy) is 2. The van der Waals surface area contributed by atoms with Crippen molar-refractivity contribution in [3.63, 3.8) is 0 Å². The zero-order valence-corrected chi connectivity index (χ0v) is 16.6. The Morgan fingerprint density at radius 3 is 2.60 bits per heavy atom. The van der Waals surface area contributed by atoms with Crippen LogP contribution in [0.3, 0.4) is 0 Å². The predicted octanol–water partition coefficient (Wildman–Crippen LogP) is 3.20. The molecule has 1 heterocycles. The standard InChI is InChI=1S/C19H15N3O7S/c1-28-13-8-7-10(15(18(24)25)16(13)29-2)9-14-17(23)21-19(30-14)20-11-5-3-4-6-12(11)22(26)27/h3-9H,1-2H3,(H,24,25)(H,20,21,23)/b14-9-. The number of nitro benzene ring substituents is 1. The normalized spacial score (nSPS) is 15.9. The summed E-state index contributed by atoms with van der Waals surface area (Å²) in [5.41, 5.74) is -0.0548. The van der Waals surface area contributed by atoms with Gasteiger partial charge in [0.2, 0.25) is 0 Å². The van der Waals surface area contributed by atoms with Gasteiger partial charge in [0, 0.05) is 6.07 Å². The Morgan fingerprint density at radius 2 is 1.97 bits per heavy atom. The van der Waals surface area contributed by atoms with E-state index in [2.05, 4.69) is 10.3 Å². The van der Waals surface area contributed by atoms with Crippen molar-refractivity contribution in [1.29, 1.82) is 0 Å². The number of thioether (sulfide) groups is 1. The summed E-state index contributed by atoms with van der Waals surface area (Å²) in [5.74, 6) is -1.51. The Labute approximate surface area is 174 Å². The van der Waals surface area contributed by atoms with E-state index in [4.69, 9.17) is 9.47 Å². The molecule has 0 aliphatic carbocycles. The van der Waals surface area contributed by atoms with Gasteiger partial charge in [0.25, 0.3) is 11.6 Å². The first-order valence-electron chi connectivity index (χ1n) is 8.37. The van der Waals surface area contributed by atoms with Crippen molar-refractivity contribution in [2.24, 2.45) is 4.99 Å². The lowest BCUT2D eigenvalue weighted by molar-refractivity contribution is -0.384. The van der Waals surface area contributed by atoms with Crippen LogP contribution in [0.1, 0.15) is 15.9 Å². The highest BCUT2D eigenvalue weighted by Gasteiger charge is 2.27. The van der Waals surface area contributed by atoms with E-state index in [1.807, 2.05) is 0 Å². The summed E-state index contributed by atoms with van der Waals surface area (Å²) in [6.07, 6.45) is 1.38. The van der Waals surface area contributed by atoms with Crippen LogP contribution in [-0.4, -0.2) is 41.3 Å². The second-order valence-electron chi connectivity index (χ2n) is 5.80. The quantitative estimate of drug-likeness (QED) is 0.405. The lowest BCUT2D eigenvalue weighted by Gasteiger charge is -2.12. The van der Waals surface area contributed by atoms with Gasteiger partial charge in [0.05, 0.1) is 24.0 Å². The van der Waals surface area contributed by atoms with Gasteiger partial charge in [-0.15, -0.1) is 0 Å². The number of aliphatic imine (C=N–C) groups is 1. The number of carboxylic acid groups (broad SMARTS) is 1. The minimum absolute atomic E-state index is 0.0246. The molecule has 0 aromatic heterocycles. The van der Waals surface area contributed by atoms with E-state index in [1.54, 1.807) is 6.07 Å². The van der Waals surface area contributed by atoms with Crippen LogP contribution in [0.25, 0.3) is 6.08 Å². The molecule has 30 heavy (non-hydrogen) atoms. The number of rotatable bonds is 6. The Bertz CT molecular complexity index is 1110. The molecule has 11 heteroatoms. The summed E-state index contributed by atoms with van der Waals surface area (Å²) >= 11 is 0.936. The number of para-hydroxylation sites is 2. The van der Waals surface area contributed by atoms with E-state index in [-0.39, 0.29) is 44.1 Å². The third-order valence-electron chi connectivity index (χ3n) is 4.03. The Hall–Kier alpha value is -3.86. The molecule has 1 aliphatic rings. The fourth-order valence-electron chi connectivity index (χ4n) is 2.73. The van der Waals surface area contributed by atoms with Gasteiger partial charge in [-0.3, -0.25) is 14.9 Å². The lowest BCUT2D eigenvalue weighted by atomic mass is 10.0. The number of nitro groups is 1. The smallest absolute Gasteiger partial charge is 0.340 e. The van der Waals surface area contributed by atoms with Crippen molar-refractivity contribution in [3.05, 3.63) is 62.5 Å². The zero-order valence-electron chi connectivity index (χ0n) is 15.7. The van der Waals surface area contributed by atoms with Crippen LogP contribution in [0, 0.1) is 10.1 Å². The molecular weight excluding hydrogens is 414 g/mol. The van der Waals surface area contributed by atoms with Crippen LogP contribution in [0.15, 0.2) is 46.3 Å². The molecule has 3 rings (SSSR count). The van der Waals surface area contributed by atoms with Gasteiger partial charge in [-0.05, 0) is 35.5 Å². The second kappa shape index (κ2) is 8.66. The van der Waals surface area contributed by atoms with Crippen molar-refractivity contribution >= 4 is 46.3 Å². The number of methoxy groups -OCH3 is 2. The molecule has 154 valence electrons. The van der Waals surface area contributed by atoms with Crippen LogP contribution in [0.5, 0.6) is 11.5 Å². The fraction of sp³-hybridized carbons (Fsp3) is 0.105. The lowest BCUT2D eigenvalue weighted by Crippen LogP contribution is -2.19. The molecule has 0 spiro atoms. The van der Waals surface area contributed by atoms with Crippen LogP contribution < -0.4 is 14.8 Å². The van der Waals surface area contributed by atoms with E-state index < -0.39 is 16.8 Å². The van der Waals surface area contributed by atoms with Crippen LogP contribution in [-0.2, 0) is 4.79 Å². The minimum Gasteiger partial charge on any atom is -0.493 e. The van der Waals surface area contributed by atoms with Crippen LogP contribution in [0.4, 0.5) is 11.4 Å². The summed E-state index contributed by atoms with van der Waals surface area (Å²) in [6.45, 7) is 0. The molecule has 0 unspecified atom stereocenters. The van der Waals surface area contributed by atoms with E-state index in [9.17, 15) is 24.8 Å². The Balaban J connectivity index is 2.00. The highest BCUT2D eigenvalue weighted by Crippen LogP contribution is 2.37. The third kappa shape index (κ3) is 4.10. The van der Waals surface area contributed by atoms with Gasteiger partial charge in [0.1, 0.15) is 11.3 Å². The van der Waals surface area contributed by atoms with Gasteiger partial charge >= 0.3 is 5.97 Å². The van der Waals surface area contributed by atoms with Gasteiger partial charge < -0.3 is 19.9 Å². The summed E-state index contributed by atoms with van der Waals surface area (Å²) in [6, 6.07) is 8.88. The van der Waals surface area contributed by atoms with E-state index >= 15 is 0 Å². The molecule has 10 nitrogen and oxygen atoms in total. The summed E-state index contributed by atoms with van der Waals surface area (Å²) < 4.78 is 10.3. The summed E-state index contributed by atoms with van der Waals surface area (Å²) in [5, 5.41) is 23.4. The Morgan fingerprint density at radius 1 is 1.23 bits per heavy atom. The molecule has 2 aromatic carbocycles. The second-order valence-corrected chi connectivity index (χ2v) is 6.83. The van der Waals surface area contributed by atoms with Crippen molar-refractivity contribution < 1.29 is 29.1 Å². The average molecular weight is 429 g/mol. The van der Waals surface area contributed by atoms with Gasteiger partial charge in [0.15, 0.2) is 16.7 Å². The minimum atomic E-state index is -1.25. The first-order chi connectivity index (χ1) is 14.3. The molecule has 0 atom stereocenters. The van der Waals surface area contributed by atoms with Crippen molar-refractivity contribution in [2.75, 3.05) is 14.2 Å². The monoisotopic (exact) mass is 429 g/mol. The molecule has 1 aliphatic heterocycles. The van der Waals surface area contributed by atoms with Crippen molar-refractivity contribution in [1.82, 2.24) is 5.32 Å². The number of nitrogens with one attached hydrogen (secondary N) is 1. The molecule has 1 amide bonds. The maximum atomic E-state index is 12.3. The molecule has 0 radical (unpaired) electrons. The number of carbonyl (C=O) groups is 2. The SMILES string of the molecule is COc1ccc(/C=C2\SC(=Nc3ccccc3[N+](=O)[O-])NC2=O)c(C(=O)O)c1OC. The maximum absolute atomic E-state index is 12.3. The molecule has 0 saturated carbocycles. The van der Waals surface area contributed by atoms with Crippen LogP contribution >= 0.6 is 11.8 Å². The summed E-state index contributed by atoms with van der Waals surface area (Å²) in [7, 11) is 2.70. The number of amides is 1. The predicted molar refractivity (Wildman–Crippen MR) is 110 cm³/mol. The number of benzene rings is 2. The van der Waals surface area contributed by atoms with Gasteiger partial charge in [-0.1, -0.05) is 18.2 Å². The Kier molecular flexibility index (Phi) is 6.02.